The Morgan fingerprint density at radius 1 is 1.28 bits per heavy atom. The number of sulfonamides is 1. The van der Waals surface area contributed by atoms with E-state index in [1.54, 1.807) is 0 Å². The van der Waals surface area contributed by atoms with Gasteiger partial charge >= 0.3 is 0 Å². The minimum Gasteiger partial charge on any atom is -0.207 e. The molecule has 0 bridgehead atoms. The van der Waals surface area contributed by atoms with Crippen molar-refractivity contribution in [1.29, 1.82) is 0 Å². The lowest BCUT2D eigenvalue weighted by atomic mass is 10.3. The molecule has 1 aliphatic rings. The van der Waals surface area contributed by atoms with Crippen LogP contribution in [0.15, 0.2) is 23.1 Å². The highest BCUT2D eigenvalue weighted by Crippen LogP contribution is 2.26. The molecule has 1 aliphatic carbocycles. The molecule has 1 aromatic carbocycles. The number of rotatable bonds is 3. The van der Waals surface area contributed by atoms with Crippen molar-refractivity contribution in [3.63, 3.8) is 0 Å². The van der Waals surface area contributed by atoms with E-state index in [0.717, 1.165) is 25.0 Å². The van der Waals surface area contributed by atoms with E-state index in [1.165, 1.54) is 0 Å². The third kappa shape index (κ3) is 2.81. The van der Waals surface area contributed by atoms with Crippen LogP contribution in [0.5, 0.6) is 0 Å². The lowest BCUT2D eigenvalue weighted by Gasteiger charge is -2.16. The maximum atomic E-state index is 13.4. The fourth-order valence-corrected chi connectivity index (χ4v) is 3.79. The first-order chi connectivity index (χ1) is 8.40. The zero-order valence-corrected chi connectivity index (χ0v) is 10.9. The van der Waals surface area contributed by atoms with Crippen molar-refractivity contribution in [2.45, 2.75) is 35.6 Å². The second kappa shape index (κ2) is 5.11. The smallest absolute Gasteiger partial charge is 0.207 e. The van der Waals surface area contributed by atoms with Crippen LogP contribution in [-0.2, 0) is 10.0 Å². The number of hydrogen-bond donors (Lipinski definition) is 1. The van der Waals surface area contributed by atoms with Gasteiger partial charge in [0.15, 0.2) is 0 Å². The summed E-state index contributed by atoms with van der Waals surface area (Å²) in [6, 6.07) is 1.96. The first kappa shape index (κ1) is 13.7. The molecule has 18 heavy (non-hydrogen) atoms. The summed E-state index contributed by atoms with van der Waals surface area (Å²) in [5.41, 5.74) is 0. The predicted octanol–water partition coefficient (Wildman–Crippen LogP) is 2.40. The zero-order chi connectivity index (χ0) is 13.3. The molecular formula is C11H12ClF2NO2S. The van der Waals surface area contributed by atoms with E-state index < -0.39 is 32.6 Å². The SMILES string of the molecule is O=S(=O)(NC1CCCC1Cl)c1ccc(F)cc1F. The van der Waals surface area contributed by atoms with Gasteiger partial charge in [-0.3, -0.25) is 0 Å². The lowest BCUT2D eigenvalue weighted by molar-refractivity contribution is 0.530. The van der Waals surface area contributed by atoms with E-state index >= 15 is 0 Å². The van der Waals surface area contributed by atoms with E-state index in [9.17, 15) is 17.2 Å². The Kier molecular flexibility index (Phi) is 3.89. The van der Waals surface area contributed by atoms with Gasteiger partial charge in [0.2, 0.25) is 10.0 Å². The number of halogens is 3. The molecule has 1 aromatic rings. The Labute approximate surface area is 109 Å². The maximum absolute atomic E-state index is 13.4. The summed E-state index contributed by atoms with van der Waals surface area (Å²) in [7, 11) is -4.00. The Morgan fingerprint density at radius 3 is 2.56 bits per heavy atom. The normalized spacial score (nSPS) is 24.4. The molecule has 2 rings (SSSR count). The van der Waals surface area contributed by atoms with Crippen LogP contribution in [-0.4, -0.2) is 19.8 Å². The van der Waals surface area contributed by atoms with Crippen LogP contribution in [0, 0.1) is 11.6 Å². The molecule has 1 saturated carbocycles. The fraction of sp³-hybridized carbons (Fsp3) is 0.455. The van der Waals surface area contributed by atoms with Gasteiger partial charge in [-0.2, -0.15) is 0 Å². The number of alkyl halides is 1. The summed E-state index contributed by atoms with van der Waals surface area (Å²) in [6.07, 6.45) is 2.17. The second-order valence-corrected chi connectivity index (χ2v) is 6.49. The summed E-state index contributed by atoms with van der Waals surface area (Å²) in [5.74, 6) is -1.92. The van der Waals surface area contributed by atoms with Crippen molar-refractivity contribution in [2.75, 3.05) is 0 Å². The van der Waals surface area contributed by atoms with E-state index in [1.807, 2.05) is 0 Å². The summed E-state index contributed by atoms with van der Waals surface area (Å²) in [5, 5.41) is -0.289. The predicted molar refractivity (Wildman–Crippen MR) is 64.0 cm³/mol. The van der Waals surface area contributed by atoms with Crippen molar-refractivity contribution in [2.24, 2.45) is 0 Å². The highest BCUT2D eigenvalue weighted by atomic mass is 35.5. The Balaban J connectivity index is 2.25. The van der Waals surface area contributed by atoms with Crippen LogP contribution in [0.3, 0.4) is 0 Å². The van der Waals surface area contributed by atoms with Gasteiger partial charge in [0, 0.05) is 17.5 Å². The van der Waals surface area contributed by atoms with Crippen LogP contribution < -0.4 is 4.72 Å². The maximum Gasteiger partial charge on any atom is 0.243 e. The highest BCUT2D eigenvalue weighted by molar-refractivity contribution is 7.89. The second-order valence-electron chi connectivity index (χ2n) is 4.25. The molecule has 2 unspecified atom stereocenters. The van der Waals surface area contributed by atoms with Gasteiger partial charge in [-0.1, -0.05) is 6.42 Å². The first-order valence-electron chi connectivity index (χ1n) is 5.51. The largest absolute Gasteiger partial charge is 0.243 e. The van der Waals surface area contributed by atoms with Gasteiger partial charge in [-0.15, -0.1) is 11.6 Å². The third-order valence-electron chi connectivity index (χ3n) is 2.92. The molecule has 2 atom stereocenters. The van der Waals surface area contributed by atoms with Crippen molar-refractivity contribution >= 4 is 21.6 Å². The van der Waals surface area contributed by atoms with Crippen molar-refractivity contribution in [3.05, 3.63) is 29.8 Å². The van der Waals surface area contributed by atoms with Crippen LogP contribution in [0.1, 0.15) is 19.3 Å². The molecule has 0 spiro atoms. The molecule has 0 aliphatic heterocycles. The molecule has 0 aromatic heterocycles. The van der Waals surface area contributed by atoms with Gasteiger partial charge in [-0.05, 0) is 25.0 Å². The third-order valence-corrected chi connectivity index (χ3v) is 4.97. The summed E-state index contributed by atoms with van der Waals surface area (Å²) in [4.78, 5) is -0.556. The standard InChI is InChI=1S/C11H12ClF2NO2S/c12-8-2-1-3-10(8)15-18(16,17)11-5-4-7(13)6-9(11)14/h4-6,8,10,15H,1-3H2. The monoisotopic (exact) mass is 295 g/mol. The zero-order valence-electron chi connectivity index (χ0n) is 9.37. The van der Waals surface area contributed by atoms with Crippen molar-refractivity contribution < 1.29 is 17.2 Å². The number of benzene rings is 1. The quantitative estimate of drug-likeness (QED) is 0.871. The molecule has 0 heterocycles. The average molecular weight is 296 g/mol. The van der Waals surface area contributed by atoms with Crippen LogP contribution >= 0.6 is 11.6 Å². The summed E-state index contributed by atoms with van der Waals surface area (Å²) >= 11 is 5.96. The number of hydrogen-bond acceptors (Lipinski definition) is 2. The molecule has 1 N–H and O–H groups in total. The molecule has 0 saturated heterocycles. The average Bonchev–Trinajstić information content (AvgIpc) is 2.63. The Hall–Kier alpha value is -0.720. The number of nitrogens with one attached hydrogen (secondary N) is 1. The van der Waals surface area contributed by atoms with Crippen molar-refractivity contribution in [1.82, 2.24) is 4.72 Å². The van der Waals surface area contributed by atoms with E-state index in [4.69, 9.17) is 11.6 Å². The van der Waals surface area contributed by atoms with Crippen LogP contribution in [0.25, 0.3) is 0 Å². The van der Waals surface area contributed by atoms with Gasteiger partial charge in [-0.25, -0.2) is 21.9 Å². The first-order valence-corrected chi connectivity index (χ1v) is 7.43. The van der Waals surface area contributed by atoms with Crippen LogP contribution in [0.2, 0.25) is 0 Å². The highest BCUT2D eigenvalue weighted by Gasteiger charge is 2.31. The van der Waals surface area contributed by atoms with Gasteiger partial charge in [0.05, 0.1) is 0 Å². The molecule has 1 fully saturated rings. The topological polar surface area (TPSA) is 46.2 Å². The molecule has 0 radical (unpaired) electrons. The minimum absolute atomic E-state index is 0.289. The molecule has 7 heteroatoms. The Morgan fingerprint density at radius 2 is 2.00 bits per heavy atom. The molecule has 100 valence electrons. The summed E-state index contributed by atoms with van der Waals surface area (Å²) in [6.45, 7) is 0. The van der Waals surface area contributed by atoms with E-state index in [2.05, 4.69) is 4.72 Å². The van der Waals surface area contributed by atoms with E-state index in [0.29, 0.717) is 12.5 Å². The lowest BCUT2D eigenvalue weighted by Crippen LogP contribution is -2.38. The molecule has 3 nitrogen and oxygen atoms in total. The molecule has 0 amide bonds. The Bertz CT molecular complexity index is 550. The van der Waals surface area contributed by atoms with Gasteiger partial charge < -0.3 is 0 Å². The van der Waals surface area contributed by atoms with Crippen LogP contribution in [0.4, 0.5) is 8.78 Å². The van der Waals surface area contributed by atoms with Gasteiger partial charge in [0.25, 0.3) is 0 Å². The molecular weight excluding hydrogens is 284 g/mol. The minimum atomic E-state index is -4.00. The fourth-order valence-electron chi connectivity index (χ4n) is 2.00. The van der Waals surface area contributed by atoms with Crippen molar-refractivity contribution in [3.8, 4) is 0 Å². The van der Waals surface area contributed by atoms with E-state index in [-0.39, 0.29) is 5.38 Å². The summed E-state index contributed by atoms with van der Waals surface area (Å²) < 4.78 is 52.4. The van der Waals surface area contributed by atoms with Gasteiger partial charge in [0.1, 0.15) is 16.5 Å².